The number of hydrogen-bond acceptors (Lipinski definition) is 6. The maximum Gasteiger partial charge on any atom is 0.273 e. The molecule has 4 rings (SSSR count). The summed E-state index contributed by atoms with van der Waals surface area (Å²) in [5.74, 6) is 1.02. The van der Waals surface area contributed by atoms with E-state index in [0.717, 1.165) is 16.5 Å². The monoisotopic (exact) mass is 411 g/mol. The van der Waals surface area contributed by atoms with Crippen molar-refractivity contribution in [3.8, 4) is 11.6 Å². The van der Waals surface area contributed by atoms with Gasteiger partial charge in [-0.15, -0.1) is 11.3 Å². The Morgan fingerprint density at radius 2 is 1.82 bits per heavy atom. The fourth-order valence-electron chi connectivity index (χ4n) is 2.75. The third-order valence-electron chi connectivity index (χ3n) is 4.28. The standard InChI is InChI=1S/C20H17N3O3S2/c1-14-5-10-18-17(12-14)20(22-13-21-18)26-16-8-6-15(7-9-16)23(2)28(24,25)19-4-3-11-27-19/h3-13H,1-2H3. The molecule has 0 aliphatic carbocycles. The van der Waals surface area contributed by atoms with Crippen LogP contribution >= 0.6 is 11.3 Å². The van der Waals surface area contributed by atoms with Crippen molar-refractivity contribution in [2.75, 3.05) is 11.4 Å². The zero-order valence-electron chi connectivity index (χ0n) is 15.2. The lowest BCUT2D eigenvalue weighted by molar-refractivity contribution is 0.468. The van der Waals surface area contributed by atoms with Crippen molar-refractivity contribution in [3.63, 3.8) is 0 Å². The fraction of sp³-hybridized carbons (Fsp3) is 0.100. The molecule has 0 saturated carbocycles. The van der Waals surface area contributed by atoms with Crippen LogP contribution in [0, 0.1) is 6.92 Å². The Morgan fingerprint density at radius 1 is 1.04 bits per heavy atom. The summed E-state index contributed by atoms with van der Waals surface area (Å²) in [4.78, 5) is 8.49. The molecule has 0 aliphatic rings. The van der Waals surface area contributed by atoms with E-state index < -0.39 is 10.0 Å². The molecule has 0 aliphatic heterocycles. The molecule has 0 fully saturated rings. The Bertz CT molecular complexity index is 1220. The summed E-state index contributed by atoms with van der Waals surface area (Å²) in [5, 5.41) is 2.56. The van der Waals surface area contributed by atoms with E-state index in [0.29, 0.717) is 21.5 Å². The van der Waals surface area contributed by atoms with Crippen LogP contribution in [0.2, 0.25) is 0 Å². The van der Waals surface area contributed by atoms with E-state index in [1.54, 1.807) is 41.8 Å². The second-order valence-electron chi connectivity index (χ2n) is 6.20. The predicted molar refractivity (Wildman–Crippen MR) is 111 cm³/mol. The number of hydrogen-bond donors (Lipinski definition) is 0. The van der Waals surface area contributed by atoms with Gasteiger partial charge >= 0.3 is 0 Å². The normalized spacial score (nSPS) is 11.5. The maximum atomic E-state index is 12.6. The zero-order chi connectivity index (χ0) is 19.7. The Kier molecular flexibility index (Phi) is 4.74. The number of fused-ring (bicyclic) bond motifs is 1. The maximum absolute atomic E-state index is 12.6. The van der Waals surface area contributed by atoms with Gasteiger partial charge in [0, 0.05) is 7.05 Å². The fourth-order valence-corrected chi connectivity index (χ4v) is 5.10. The van der Waals surface area contributed by atoms with Crippen LogP contribution in [0.1, 0.15) is 5.56 Å². The largest absolute Gasteiger partial charge is 0.438 e. The van der Waals surface area contributed by atoms with E-state index in [-0.39, 0.29) is 0 Å². The molecule has 2 aromatic carbocycles. The van der Waals surface area contributed by atoms with Crippen molar-refractivity contribution in [2.45, 2.75) is 11.1 Å². The van der Waals surface area contributed by atoms with Crippen molar-refractivity contribution in [3.05, 3.63) is 71.9 Å². The van der Waals surface area contributed by atoms with Crippen molar-refractivity contribution < 1.29 is 13.2 Å². The van der Waals surface area contributed by atoms with Gasteiger partial charge in [0.25, 0.3) is 10.0 Å². The van der Waals surface area contributed by atoms with Crippen LogP contribution < -0.4 is 9.04 Å². The van der Waals surface area contributed by atoms with Gasteiger partial charge in [-0.2, -0.15) is 0 Å². The highest BCUT2D eigenvalue weighted by Gasteiger charge is 2.22. The Balaban J connectivity index is 1.60. The lowest BCUT2D eigenvalue weighted by atomic mass is 10.2. The van der Waals surface area contributed by atoms with Crippen molar-refractivity contribution in [1.82, 2.24) is 9.97 Å². The number of benzene rings is 2. The number of anilines is 1. The van der Waals surface area contributed by atoms with E-state index >= 15 is 0 Å². The van der Waals surface area contributed by atoms with Crippen LogP contribution in [-0.4, -0.2) is 25.4 Å². The quantitative estimate of drug-likeness (QED) is 0.479. The van der Waals surface area contributed by atoms with Gasteiger partial charge < -0.3 is 4.74 Å². The third kappa shape index (κ3) is 3.44. The summed E-state index contributed by atoms with van der Waals surface area (Å²) in [5.41, 5.74) is 2.43. The molecule has 4 aromatic rings. The minimum Gasteiger partial charge on any atom is -0.438 e. The second kappa shape index (κ2) is 7.21. The molecule has 0 bridgehead atoms. The number of aromatic nitrogens is 2. The van der Waals surface area contributed by atoms with Crippen molar-refractivity contribution >= 4 is 38.0 Å². The topological polar surface area (TPSA) is 72.4 Å². The average molecular weight is 412 g/mol. The van der Waals surface area contributed by atoms with Crippen LogP contribution in [0.5, 0.6) is 11.6 Å². The smallest absolute Gasteiger partial charge is 0.273 e. The molecule has 0 unspecified atom stereocenters. The zero-order valence-corrected chi connectivity index (χ0v) is 16.9. The van der Waals surface area contributed by atoms with Crippen molar-refractivity contribution in [2.24, 2.45) is 0 Å². The van der Waals surface area contributed by atoms with E-state index in [1.807, 2.05) is 25.1 Å². The van der Waals surface area contributed by atoms with E-state index in [2.05, 4.69) is 9.97 Å². The molecule has 142 valence electrons. The summed E-state index contributed by atoms with van der Waals surface area (Å²) in [7, 11) is -2.03. The first-order valence-electron chi connectivity index (χ1n) is 8.47. The number of sulfonamides is 1. The Labute approximate surface area is 167 Å². The van der Waals surface area contributed by atoms with E-state index in [1.165, 1.54) is 29.0 Å². The summed E-state index contributed by atoms with van der Waals surface area (Å²) >= 11 is 1.19. The molecular weight excluding hydrogens is 394 g/mol. The van der Waals surface area contributed by atoms with Crippen LogP contribution in [-0.2, 0) is 10.0 Å². The number of thiophene rings is 1. The number of ether oxygens (including phenoxy) is 1. The molecule has 0 atom stereocenters. The molecular formula is C20H17N3O3S2. The molecule has 0 spiro atoms. The lowest BCUT2D eigenvalue weighted by Crippen LogP contribution is -2.25. The van der Waals surface area contributed by atoms with E-state index in [9.17, 15) is 8.42 Å². The predicted octanol–water partition coefficient (Wildman–Crippen LogP) is 4.62. The molecule has 2 heterocycles. The summed E-state index contributed by atoms with van der Waals surface area (Å²) in [6.07, 6.45) is 1.46. The van der Waals surface area contributed by atoms with Gasteiger partial charge in [-0.05, 0) is 54.8 Å². The first-order valence-corrected chi connectivity index (χ1v) is 10.8. The SMILES string of the molecule is Cc1ccc2ncnc(Oc3ccc(N(C)S(=O)(=O)c4cccs4)cc3)c2c1. The highest BCUT2D eigenvalue weighted by atomic mass is 32.2. The highest BCUT2D eigenvalue weighted by molar-refractivity contribution is 7.94. The lowest BCUT2D eigenvalue weighted by Gasteiger charge is -2.18. The summed E-state index contributed by atoms with van der Waals surface area (Å²) < 4.78 is 32.8. The number of rotatable bonds is 5. The van der Waals surface area contributed by atoms with Crippen LogP contribution in [0.15, 0.2) is 70.5 Å². The molecule has 0 saturated heterocycles. The average Bonchev–Trinajstić information content (AvgIpc) is 3.24. The van der Waals surface area contributed by atoms with Gasteiger partial charge in [0.2, 0.25) is 5.88 Å². The van der Waals surface area contributed by atoms with Gasteiger partial charge in [-0.3, -0.25) is 4.31 Å². The minimum absolute atomic E-state index is 0.304. The number of nitrogens with zero attached hydrogens (tertiary/aromatic N) is 3. The molecule has 0 radical (unpaired) electrons. The van der Waals surface area contributed by atoms with Crippen molar-refractivity contribution in [1.29, 1.82) is 0 Å². The van der Waals surface area contributed by atoms with Crippen LogP contribution in [0.25, 0.3) is 10.9 Å². The Morgan fingerprint density at radius 3 is 2.54 bits per heavy atom. The molecule has 0 amide bonds. The molecule has 8 heteroatoms. The first kappa shape index (κ1) is 18.4. The van der Waals surface area contributed by atoms with Gasteiger partial charge in [-0.1, -0.05) is 17.7 Å². The third-order valence-corrected chi connectivity index (χ3v) is 7.44. The highest BCUT2D eigenvalue weighted by Crippen LogP contribution is 2.30. The van der Waals surface area contributed by atoms with E-state index in [4.69, 9.17) is 4.74 Å². The van der Waals surface area contributed by atoms with Gasteiger partial charge in [-0.25, -0.2) is 18.4 Å². The Hall–Kier alpha value is -2.97. The van der Waals surface area contributed by atoms with Gasteiger partial charge in [0.15, 0.2) is 0 Å². The number of aryl methyl sites for hydroxylation is 1. The molecule has 6 nitrogen and oxygen atoms in total. The molecule has 0 N–H and O–H groups in total. The second-order valence-corrected chi connectivity index (χ2v) is 9.34. The first-order chi connectivity index (χ1) is 13.4. The van der Waals surface area contributed by atoms with Crippen LogP contribution in [0.4, 0.5) is 5.69 Å². The van der Waals surface area contributed by atoms with Crippen LogP contribution in [0.3, 0.4) is 0 Å². The van der Waals surface area contributed by atoms with Gasteiger partial charge in [0.05, 0.1) is 16.6 Å². The minimum atomic E-state index is -3.56. The van der Waals surface area contributed by atoms with Gasteiger partial charge in [0.1, 0.15) is 16.3 Å². The summed E-state index contributed by atoms with van der Waals surface area (Å²) in [6, 6.07) is 16.0. The molecule has 2 aromatic heterocycles. The summed E-state index contributed by atoms with van der Waals surface area (Å²) in [6.45, 7) is 1.99. The molecule has 28 heavy (non-hydrogen) atoms.